The highest BCUT2D eigenvalue weighted by Gasteiger charge is 2.34. The Kier molecular flexibility index (Phi) is 6.93. The molecule has 0 spiro atoms. The van der Waals surface area contributed by atoms with Gasteiger partial charge in [0.2, 0.25) is 5.91 Å². The number of amides is 1. The summed E-state index contributed by atoms with van der Waals surface area (Å²) in [5.74, 6) is -2.17. The number of carbonyl (C=O) groups is 1. The minimum Gasteiger partial charge on any atom is -0.370 e. The third-order valence-corrected chi connectivity index (χ3v) is 7.79. The van der Waals surface area contributed by atoms with Crippen molar-refractivity contribution in [1.29, 1.82) is 0 Å². The number of rotatable bonds is 8. The van der Waals surface area contributed by atoms with Crippen LogP contribution in [0.15, 0.2) is 53.6 Å². The molecular formula is C20H18ClF2N3O3S2. The first-order valence-corrected chi connectivity index (χ1v) is 11.7. The number of thiazole rings is 1. The Morgan fingerprint density at radius 1 is 1.23 bits per heavy atom. The Bertz CT molecular complexity index is 1200. The molecule has 0 saturated heterocycles. The van der Waals surface area contributed by atoms with Crippen molar-refractivity contribution >= 4 is 44.6 Å². The van der Waals surface area contributed by atoms with Gasteiger partial charge in [0, 0.05) is 28.6 Å². The number of primary amides is 1. The van der Waals surface area contributed by atoms with E-state index in [9.17, 15) is 22.0 Å². The second kappa shape index (κ2) is 9.29. The first-order valence-electron chi connectivity index (χ1n) is 9.07. The van der Waals surface area contributed by atoms with Gasteiger partial charge >= 0.3 is 0 Å². The van der Waals surface area contributed by atoms with Gasteiger partial charge in [-0.15, -0.1) is 11.3 Å². The van der Waals surface area contributed by atoms with Crippen LogP contribution < -0.4 is 10.0 Å². The number of nitrogens with zero attached hydrogens (tertiary/aromatic N) is 2. The van der Waals surface area contributed by atoms with Crippen LogP contribution in [0.5, 0.6) is 0 Å². The van der Waals surface area contributed by atoms with Gasteiger partial charge in [-0.2, -0.15) is 0 Å². The van der Waals surface area contributed by atoms with Crippen LogP contribution in [-0.4, -0.2) is 19.3 Å². The average Bonchev–Trinajstić information content (AvgIpc) is 3.18. The quantitative estimate of drug-likeness (QED) is 0.510. The normalized spacial score (nSPS) is 12.5. The highest BCUT2D eigenvalue weighted by molar-refractivity contribution is 7.92. The number of anilines is 1. The van der Waals surface area contributed by atoms with E-state index in [2.05, 4.69) is 4.98 Å². The van der Waals surface area contributed by atoms with Crippen LogP contribution in [0.1, 0.15) is 29.3 Å². The van der Waals surface area contributed by atoms with Crippen LogP contribution in [0.3, 0.4) is 0 Å². The van der Waals surface area contributed by atoms with Crippen LogP contribution in [-0.2, 0) is 21.2 Å². The molecule has 0 saturated carbocycles. The van der Waals surface area contributed by atoms with Gasteiger partial charge in [0.15, 0.2) is 0 Å². The second-order valence-corrected chi connectivity index (χ2v) is 10.1. The van der Waals surface area contributed by atoms with Gasteiger partial charge in [0.25, 0.3) is 10.0 Å². The van der Waals surface area contributed by atoms with Crippen molar-refractivity contribution in [3.63, 3.8) is 0 Å². The summed E-state index contributed by atoms with van der Waals surface area (Å²) < 4.78 is 56.3. The molecule has 3 aromatic rings. The number of hydrogen-bond donors (Lipinski definition) is 1. The molecule has 2 aromatic carbocycles. The molecular weight excluding hydrogens is 468 g/mol. The van der Waals surface area contributed by atoms with E-state index in [-0.39, 0.29) is 11.3 Å². The molecule has 164 valence electrons. The topological polar surface area (TPSA) is 93.4 Å². The first-order chi connectivity index (χ1) is 14.6. The molecule has 2 N–H and O–H groups in total. The van der Waals surface area contributed by atoms with Crippen molar-refractivity contribution in [3.05, 3.63) is 75.2 Å². The molecule has 1 unspecified atom stereocenters. The predicted octanol–water partition coefficient (Wildman–Crippen LogP) is 4.45. The summed E-state index contributed by atoms with van der Waals surface area (Å²) in [5.41, 5.74) is 4.72. The van der Waals surface area contributed by atoms with E-state index in [1.165, 1.54) is 48.7 Å². The predicted molar refractivity (Wildman–Crippen MR) is 116 cm³/mol. The summed E-state index contributed by atoms with van der Waals surface area (Å²) >= 11 is 7.03. The zero-order chi connectivity index (χ0) is 22.8. The van der Waals surface area contributed by atoms with Gasteiger partial charge in [-0.3, -0.25) is 9.10 Å². The number of hydrogen-bond acceptors (Lipinski definition) is 5. The van der Waals surface area contributed by atoms with Crippen molar-refractivity contribution in [1.82, 2.24) is 4.98 Å². The Morgan fingerprint density at radius 2 is 1.90 bits per heavy atom. The lowest BCUT2D eigenvalue weighted by molar-refractivity contribution is -0.117. The lowest BCUT2D eigenvalue weighted by Crippen LogP contribution is -2.34. The number of halogens is 3. The van der Waals surface area contributed by atoms with Crippen LogP contribution in [0.2, 0.25) is 5.02 Å². The number of sulfonamides is 1. The van der Waals surface area contributed by atoms with Gasteiger partial charge in [0.1, 0.15) is 16.6 Å². The molecule has 3 rings (SSSR count). The first kappa shape index (κ1) is 23.1. The Balaban J connectivity index is 2.09. The summed E-state index contributed by atoms with van der Waals surface area (Å²) in [6.07, 6.45) is 1.97. The summed E-state index contributed by atoms with van der Waals surface area (Å²) in [5, 5.41) is 0.676. The van der Waals surface area contributed by atoms with Crippen molar-refractivity contribution in [2.45, 2.75) is 30.7 Å². The maximum atomic E-state index is 14.7. The van der Waals surface area contributed by atoms with Crippen LogP contribution in [0.4, 0.5) is 14.5 Å². The molecule has 0 aliphatic rings. The van der Waals surface area contributed by atoms with Crippen LogP contribution in [0.25, 0.3) is 0 Å². The lowest BCUT2D eigenvalue weighted by Gasteiger charge is -2.29. The Labute approximate surface area is 187 Å². The molecule has 0 fully saturated rings. The fourth-order valence-corrected chi connectivity index (χ4v) is 5.67. The van der Waals surface area contributed by atoms with E-state index in [1.807, 2.05) is 0 Å². The Hall–Kier alpha value is -2.56. The maximum absolute atomic E-state index is 14.7. The second-order valence-electron chi connectivity index (χ2n) is 6.66. The summed E-state index contributed by atoms with van der Waals surface area (Å²) in [7, 11) is -4.31. The number of aryl methyl sites for hydroxylation is 1. The Morgan fingerprint density at radius 3 is 2.55 bits per heavy atom. The average molecular weight is 486 g/mol. The van der Waals surface area contributed by atoms with Crippen molar-refractivity contribution in [2.24, 2.45) is 5.73 Å². The molecule has 31 heavy (non-hydrogen) atoms. The van der Waals surface area contributed by atoms with Gasteiger partial charge in [-0.05, 0) is 49.7 Å². The largest absolute Gasteiger partial charge is 0.370 e. The minimum absolute atomic E-state index is 0.112. The molecule has 6 nitrogen and oxygen atoms in total. The highest BCUT2D eigenvalue weighted by atomic mass is 35.5. The smallest absolute Gasteiger partial charge is 0.265 e. The van der Waals surface area contributed by atoms with Crippen molar-refractivity contribution < 1.29 is 22.0 Å². The molecule has 1 amide bonds. The fraction of sp³-hybridized carbons (Fsp3) is 0.200. The fourth-order valence-electron chi connectivity index (χ4n) is 2.90. The van der Waals surface area contributed by atoms with Gasteiger partial charge in [0.05, 0.1) is 16.6 Å². The molecule has 0 aliphatic heterocycles. The number of aromatic nitrogens is 1. The highest BCUT2D eigenvalue weighted by Crippen LogP contribution is 2.37. The van der Waals surface area contributed by atoms with Gasteiger partial charge < -0.3 is 5.73 Å². The zero-order valence-electron chi connectivity index (χ0n) is 16.3. The maximum Gasteiger partial charge on any atom is 0.265 e. The number of nitrogens with two attached hydrogens (primary N) is 1. The SMILES string of the molecule is CC(c1ncc(CCC(N)=O)s1)N(c1cc(F)ccc1F)S(=O)(=O)c1ccc(Cl)cc1. The summed E-state index contributed by atoms with van der Waals surface area (Å²) in [6.45, 7) is 1.52. The standard InChI is InChI=1S/C20H18ClF2N3O3S2/c1-12(20-25-11-15(30-20)5-9-19(24)27)26(18-10-14(22)4-8-17(18)23)31(28,29)16-6-2-13(21)3-7-16/h2-4,6-8,10-12H,5,9H2,1H3,(H2,24,27). The third kappa shape index (κ3) is 5.20. The van der Waals surface area contributed by atoms with Gasteiger partial charge in [-0.25, -0.2) is 22.2 Å². The van der Waals surface area contributed by atoms with Gasteiger partial charge in [-0.1, -0.05) is 11.6 Å². The molecule has 0 bridgehead atoms. The number of benzene rings is 2. The van der Waals surface area contributed by atoms with E-state index < -0.39 is 39.3 Å². The lowest BCUT2D eigenvalue weighted by atomic mass is 10.2. The minimum atomic E-state index is -4.31. The third-order valence-electron chi connectivity index (χ3n) is 4.41. The molecule has 11 heteroatoms. The van der Waals surface area contributed by atoms with E-state index in [4.69, 9.17) is 17.3 Å². The molecule has 0 radical (unpaired) electrons. The molecule has 1 atom stereocenters. The molecule has 1 heterocycles. The van der Waals surface area contributed by atoms with E-state index in [0.717, 1.165) is 22.5 Å². The van der Waals surface area contributed by atoms with Crippen molar-refractivity contribution in [2.75, 3.05) is 4.31 Å². The van der Waals surface area contributed by atoms with Crippen LogP contribution in [0, 0.1) is 11.6 Å². The van der Waals surface area contributed by atoms with E-state index in [0.29, 0.717) is 21.3 Å². The van der Waals surface area contributed by atoms with E-state index in [1.54, 1.807) is 0 Å². The van der Waals surface area contributed by atoms with Crippen molar-refractivity contribution in [3.8, 4) is 0 Å². The monoisotopic (exact) mass is 485 g/mol. The zero-order valence-corrected chi connectivity index (χ0v) is 18.6. The summed E-state index contributed by atoms with van der Waals surface area (Å²) in [4.78, 5) is 15.8. The van der Waals surface area contributed by atoms with Crippen LogP contribution >= 0.6 is 22.9 Å². The van der Waals surface area contributed by atoms with E-state index >= 15 is 0 Å². The molecule has 1 aromatic heterocycles. The summed E-state index contributed by atoms with van der Waals surface area (Å²) in [6, 6.07) is 6.98. The number of carbonyl (C=O) groups excluding carboxylic acids is 1. The molecule has 0 aliphatic carbocycles.